The van der Waals surface area contributed by atoms with E-state index in [0.29, 0.717) is 0 Å². The summed E-state index contributed by atoms with van der Waals surface area (Å²) in [6.07, 6.45) is -8.93. The zero-order valence-corrected chi connectivity index (χ0v) is 14.0. The van der Waals surface area contributed by atoms with Crippen LogP contribution < -0.4 is 5.73 Å². The Hall–Kier alpha value is -3.01. The Bertz CT molecular complexity index is 1570. The van der Waals surface area contributed by atoms with Gasteiger partial charge < -0.3 is 14.7 Å². The summed E-state index contributed by atoms with van der Waals surface area (Å²) < 4.78 is 168. The number of carbonyl (C=O) groups is 1. The van der Waals surface area contributed by atoms with Gasteiger partial charge in [0, 0.05) is 5.56 Å². The highest BCUT2D eigenvalue weighted by atomic mass is 32.2. The molecule has 0 radical (unpaired) electrons. The van der Waals surface area contributed by atoms with E-state index < -0.39 is 117 Å². The van der Waals surface area contributed by atoms with Crippen molar-refractivity contribution in [3.8, 4) is 0 Å². The number of ketones is 1. The van der Waals surface area contributed by atoms with Crippen LogP contribution in [0.2, 0.25) is 0 Å². The van der Waals surface area contributed by atoms with Gasteiger partial charge in [-0.15, -0.1) is 0 Å². The van der Waals surface area contributed by atoms with Crippen molar-refractivity contribution in [1.29, 1.82) is 0 Å². The van der Waals surface area contributed by atoms with E-state index in [1.54, 1.807) is 0 Å². The highest BCUT2D eigenvalue weighted by Gasteiger charge is 2.40. The van der Waals surface area contributed by atoms with Crippen LogP contribution in [-0.4, -0.2) is 14.2 Å². The molecule has 0 aliphatic carbocycles. The molecule has 0 spiro atoms. The van der Waals surface area contributed by atoms with E-state index in [0.717, 1.165) is 0 Å². The standard InChI is InChI=1S/C18H14F3NO5S/c19-18(20,21)13-8-6-12(7-9-13)15-14(23)16(17(22)26-15)27-28(24,25)10-11-4-2-1-3-5-11/h1-9,15H,10,22H2/i1D,2D,3D,4D,5D,6D,7D,8D,9D,10D2,15D. The molecular formula is C18H14F3NO5S. The van der Waals surface area contributed by atoms with E-state index in [1.807, 2.05) is 0 Å². The minimum absolute atomic E-state index is 0.991. The Morgan fingerprint density at radius 3 is 2.36 bits per heavy atom. The molecule has 0 bridgehead atoms. The van der Waals surface area contributed by atoms with Crippen LogP contribution in [0.4, 0.5) is 13.2 Å². The summed E-state index contributed by atoms with van der Waals surface area (Å²) in [4.78, 5) is 13.0. The second-order valence-electron chi connectivity index (χ2n) is 4.84. The zero-order valence-electron chi connectivity index (χ0n) is 25.2. The minimum Gasteiger partial charge on any atom is -0.460 e. The third-order valence-corrected chi connectivity index (χ3v) is 3.74. The first kappa shape index (κ1) is 9.46. The summed E-state index contributed by atoms with van der Waals surface area (Å²) in [5.74, 6) is -5.05. The lowest BCUT2D eigenvalue weighted by Gasteiger charge is -2.12. The van der Waals surface area contributed by atoms with Gasteiger partial charge in [0.1, 0.15) is 5.70 Å². The summed E-state index contributed by atoms with van der Waals surface area (Å²) in [7, 11) is -5.92. The molecule has 1 aliphatic rings. The number of hydrogen-bond acceptors (Lipinski definition) is 6. The molecule has 0 saturated heterocycles. The zero-order chi connectivity index (χ0) is 31.1. The van der Waals surface area contributed by atoms with Crippen LogP contribution in [0.25, 0.3) is 0 Å². The smallest absolute Gasteiger partial charge is 0.416 e. The number of Topliss-reactive ketones (excluding diaryl/α,β-unsaturated/α-hetero) is 1. The molecule has 6 nitrogen and oxygen atoms in total. The predicted molar refractivity (Wildman–Crippen MR) is 91.6 cm³/mol. The van der Waals surface area contributed by atoms with Crippen molar-refractivity contribution in [2.45, 2.75) is 18.0 Å². The van der Waals surface area contributed by atoms with E-state index in [9.17, 15) is 26.4 Å². The molecule has 2 aromatic rings. The van der Waals surface area contributed by atoms with Gasteiger partial charge in [-0.05, 0) is 17.6 Å². The quantitative estimate of drug-likeness (QED) is 0.740. The Morgan fingerprint density at radius 1 is 1.18 bits per heavy atom. The molecule has 1 aliphatic heterocycles. The fraction of sp³-hybridized carbons (Fsp3) is 0.167. The van der Waals surface area contributed by atoms with E-state index in [-0.39, 0.29) is 0 Å². The van der Waals surface area contributed by atoms with Crippen molar-refractivity contribution in [2.75, 3.05) is 0 Å². The number of ether oxygens (including phenoxy) is 1. The predicted octanol–water partition coefficient (Wildman–Crippen LogP) is 3.02. The second-order valence-corrected chi connectivity index (χ2v) is 6.12. The van der Waals surface area contributed by atoms with E-state index in [4.69, 9.17) is 26.9 Å². The molecule has 10 heteroatoms. The first-order valence-electron chi connectivity index (χ1n) is 12.9. The number of alkyl halides is 3. The van der Waals surface area contributed by atoms with Crippen molar-refractivity contribution >= 4 is 15.9 Å². The number of nitrogens with two attached hydrogens (primary N) is 1. The molecule has 148 valence electrons. The second kappa shape index (κ2) is 7.19. The molecule has 0 amide bonds. The molecule has 28 heavy (non-hydrogen) atoms. The van der Waals surface area contributed by atoms with Crippen LogP contribution in [0.5, 0.6) is 0 Å². The van der Waals surface area contributed by atoms with Gasteiger partial charge in [0.05, 0.1) is 22.0 Å². The SMILES string of the molecule is [2H]c1c([2H])c([2H])c(C([2H])([2H])S(=O)(=O)OC2=C(N)OC([2H])(c3c([2H])c([2H])c(C(F)(F)F)c([2H])c3[2H])C2=O)c([2H])c1[2H]. The first-order valence-corrected chi connectivity index (χ1v) is 8.28. The molecule has 3 rings (SSSR count). The highest BCUT2D eigenvalue weighted by molar-refractivity contribution is 7.86. The fourth-order valence-electron chi connectivity index (χ4n) is 1.79. The maximum absolute atomic E-state index is 13.3. The lowest BCUT2D eigenvalue weighted by Crippen LogP contribution is -2.16. The summed E-state index contributed by atoms with van der Waals surface area (Å²) >= 11 is 0. The molecule has 0 aromatic heterocycles. The lowest BCUT2D eigenvalue weighted by molar-refractivity contribution is -0.137. The molecule has 0 saturated carbocycles. The highest BCUT2D eigenvalue weighted by Crippen LogP contribution is 2.35. The van der Waals surface area contributed by atoms with Crippen molar-refractivity contribution < 1.29 is 51.8 Å². The normalized spacial score (nSPS) is 26.8. The Morgan fingerprint density at radius 2 is 1.79 bits per heavy atom. The average molecular weight is 425 g/mol. The summed E-state index contributed by atoms with van der Waals surface area (Å²) in [6.45, 7) is 0. The van der Waals surface area contributed by atoms with Gasteiger partial charge in [-0.2, -0.15) is 21.6 Å². The van der Waals surface area contributed by atoms with Crippen LogP contribution in [0.1, 0.15) is 39.2 Å². The first-order chi connectivity index (χ1) is 17.9. The van der Waals surface area contributed by atoms with Crippen LogP contribution in [0.15, 0.2) is 66.0 Å². The summed E-state index contributed by atoms with van der Waals surface area (Å²) in [6, 6.07) is -12.4. The number of benzene rings is 2. The average Bonchev–Trinajstić information content (AvgIpc) is 3.02. The van der Waals surface area contributed by atoms with Gasteiger partial charge >= 0.3 is 16.3 Å². The van der Waals surface area contributed by atoms with Gasteiger partial charge in [0.2, 0.25) is 17.4 Å². The summed E-state index contributed by atoms with van der Waals surface area (Å²) in [5.41, 5.74) is -3.43. The number of carbonyl (C=O) groups excluding carboxylic acids is 1. The molecule has 2 N–H and O–H groups in total. The molecule has 1 atom stereocenters. The topological polar surface area (TPSA) is 95.7 Å². The Labute approximate surface area is 175 Å². The monoisotopic (exact) mass is 425 g/mol. The van der Waals surface area contributed by atoms with Crippen molar-refractivity contribution in [3.05, 3.63) is 82.7 Å². The van der Waals surface area contributed by atoms with Crippen molar-refractivity contribution in [3.63, 3.8) is 0 Å². The number of hydrogen-bond donors (Lipinski definition) is 1. The Balaban J connectivity index is 2.14. The number of rotatable bonds is 5. The van der Waals surface area contributed by atoms with Gasteiger partial charge in [0.15, 0.2) is 6.08 Å². The maximum Gasteiger partial charge on any atom is 0.416 e. The number of halogens is 3. The molecule has 1 heterocycles. The third kappa shape index (κ3) is 4.28. The van der Waals surface area contributed by atoms with Gasteiger partial charge in [0.25, 0.3) is 0 Å². The molecule has 2 aromatic carbocycles. The van der Waals surface area contributed by atoms with Gasteiger partial charge in [-0.3, -0.25) is 4.79 Å². The van der Waals surface area contributed by atoms with Crippen LogP contribution in [0, 0.1) is 0 Å². The molecule has 1 unspecified atom stereocenters. The van der Waals surface area contributed by atoms with Crippen LogP contribution in [0.3, 0.4) is 0 Å². The van der Waals surface area contributed by atoms with Gasteiger partial charge in [-0.25, -0.2) is 0 Å². The lowest BCUT2D eigenvalue weighted by atomic mass is 10.0. The largest absolute Gasteiger partial charge is 0.460 e. The molecular weight excluding hydrogens is 399 g/mol. The van der Waals surface area contributed by atoms with E-state index in [2.05, 4.69) is 4.18 Å². The molecule has 0 fully saturated rings. The van der Waals surface area contributed by atoms with Crippen LogP contribution >= 0.6 is 0 Å². The Kier molecular flexibility index (Phi) is 2.43. The summed E-state index contributed by atoms with van der Waals surface area (Å²) in [5, 5.41) is 0. The van der Waals surface area contributed by atoms with E-state index in [1.165, 1.54) is 0 Å². The third-order valence-electron chi connectivity index (χ3n) is 2.90. The van der Waals surface area contributed by atoms with Crippen LogP contribution in [-0.2, 0) is 35.7 Å². The van der Waals surface area contributed by atoms with Crippen molar-refractivity contribution in [2.24, 2.45) is 5.73 Å². The van der Waals surface area contributed by atoms with Crippen molar-refractivity contribution in [1.82, 2.24) is 0 Å². The maximum atomic E-state index is 13.3. The van der Waals surface area contributed by atoms with Gasteiger partial charge in [-0.1, -0.05) is 42.3 Å². The minimum atomic E-state index is -5.92. The van der Waals surface area contributed by atoms with E-state index >= 15 is 0 Å². The fourth-order valence-corrected chi connectivity index (χ4v) is 2.56.